The van der Waals surface area contributed by atoms with Crippen LogP contribution in [0.4, 0.5) is 0 Å². The summed E-state index contributed by atoms with van der Waals surface area (Å²) < 4.78 is 0. The standard InChI is InChI=1S/C22H19N3O2/c23-22(27)20(17-12-6-2-7-13-17)25-24-19(16-10-4-1-5-11-16)21(26)18-14-8-3-9-15-18/h1-15,20,25H,(H2,23,27). The molecule has 0 radical (unpaired) electrons. The highest BCUT2D eigenvalue weighted by Crippen LogP contribution is 2.14. The van der Waals surface area contributed by atoms with E-state index in [9.17, 15) is 9.59 Å². The minimum atomic E-state index is -0.839. The van der Waals surface area contributed by atoms with Gasteiger partial charge in [-0.2, -0.15) is 5.10 Å². The predicted molar refractivity (Wildman–Crippen MR) is 105 cm³/mol. The molecule has 3 aromatic rings. The molecule has 5 heteroatoms. The summed E-state index contributed by atoms with van der Waals surface area (Å²) in [6.45, 7) is 0. The number of primary amides is 1. The second-order valence-electron chi connectivity index (χ2n) is 5.90. The van der Waals surface area contributed by atoms with Crippen molar-refractivity contribution in [2.75, 3.05) is 0 Å². The van der Waals surface area contributed by atoms with Crippen LogP contribution in [0.1, 0.15) is 27.5 Å². The van der Waals surface area contributed by atoms with E-state index in [1.165, 1.54) is 0 Å². The Morgan fingerprint density at radius 1 is 0.741 bits per heavy atom. The summed E-state index contributed by atoms with van der Waals surface area (Å²) in [5.74, 6) is -0.824. The second-order valence-corrected chi connectivity index (χ2v) is 5.90. The number of hydrogen-bond donors (Lipinski definition) is 2. The summed E-state index contributed by atoms with van der Waals surface area (Å²) in [6, 6.07) is 26.2. The van der Waals surface area contributed by atoms with Crippen LogP contribution >= 0.6 is 0 Å². The number of nitrogens with two attached hydrogens (primary N) is 1. The Morgan fingerprint density at radius 2 is 1.22 bits per heavy atom. The minimum Gasteiger partial charge on any atom is -0.368 e. The molecule has 1 amide bonds. The zero-order chi connectivity index (χ0) is 19.1. The first-order chi connectivity index (χ1) is 13.2. The molecule has 0 bridgehead atoms. The van der Waals surface area contributed by atoms with Crippen molar-refractivity contribution in [1.29, 1.82) is 0 Å². The fourth-order valence-corrected chi connectivity index (χ4v) is 2.65. The maximum Gasteiger partial charge on any atom is 0.246 e. The lowest BCUT2D eigenvalue weighted by Gasteiger charge is -2.15. The summed E-state index contributed by atoms with van der Waals surface area (Å²) >= 11 is 0. The molecule has 0 saturated carbocycles. The van der Waals surface area contributed by atoms with Crippen molar-refractivity contribution in [2.45, 2.75) is 6.04 Å². The van der Waals surface area contributed by atoms with E-state index >= 15 is 0 Å². The van der Waals surface area contributed by atoms with Gasteiger partial charge in [-0.05, 0) is 5.56 Å². The molecule has 27 heavy (non-hydrogen) atoms. The minimum absolute atomic E-state index is 0.212. The van der Waals surface area contributed by atoms with Crippen LogP contribution in [-0.2, 0) is 4.79 Å². The third-order valence-corrected chi connectivity index (χ3v) is 4.02. The lowest BCUT2D eigenvalue weighted by atomic mass is 10.0. The molecule has 5 nitrogen and oxygen atoms in total. The molecular formula is C22H19N3O2. The molecule has 0 aliphatic heterocycles. The summed E-state index contributed by atoms with van der Waals surface area (Å²) in [4.78, 5) is 24.9. The number of nitrogens with zero attached hydrogens (tertiary/aromatic N) is 1. The van der Waals surface area contributed by atoms with Crippen molar-refractivity contribution in [2.24, 2.45) is 10.8 Å². The van der Waals surface area contributed by atoms with Crippen molar-refractivity contribution >= 4 is 17.4 Å². The van der Waals surface area contributed by atoms with Crippen molar-refractivity contribution < 1.29 is 9.59 Å². The molecular weight excluding hydrogens is 338 g/mol. The van der Waals surface area contributed by atoms with Crippen molar-refractivity contribution in [3.05, 3.63) is 108 Å². The normalized spacial score (nSPS) is 12.2. The van der Waals surface area contributed by atoms with Crippen LogP contribution in [0.2, 0.25) is 0 Å². The molecule has 3 aromatic carbocycles. The van der Waals surface area contributed by atoms with E-state index < -0.39 is 11.9 Å². The smallest absolute Gasteiger partial charge is 0.246 e. The molecule has 0 aliphatic rings. The predicted octanol–water partition coefficient (Wildman–Crippen LogP) is 3.09. The quantitative estimate of drug-likeness (QED) is 0.387. The number of amides is 1. The molecule has 3 rings (SSSR count). The first-order valence-corrected chi connectivity index (χ1v) is 8.49. The summed E-state index contributed by atoms with van der Waals surface area (Å²) in [7, 11) is 0. The Bertz CT molecular complexity index is 939. The molecule has 0 fully saturated rings. The van der Waals surface area contributed by atoms with E-state index in [-0.39, 0.29) is 11.5 Å². The van der Waals surface area contributed by atoms with Gasteiger partial charge in [0.05, 0.1) is 0 Å². The molecule has 1 atom stereocenters. The number of ketones is 1. The summed E-state index contributed by atoms with van der Waals surface area (Å²) in [5, 5.41) is 4.28. The third kappa shape index (κ3) is 4.46. The largest absolute Gasteiger partial charge is 0.368 e. The Labute approximate surface area is 157 Å². The van der Waals surface area contributed by atoms with Gasteiger partial charge in [-0.25, -0.2) is 0 Å². The fraction of sp³-hybridized carbons (Fsp3) is 0.0455. The van der Waals surface area contributed by atoms with E-state index in [1.807, 2.05) is 42.5 Å². The molecule has 0 heterocycles. The van der Waals surface area contributed by atoms with Crippen molar-refractivity contribution in [1.82, 2.24) is 5.43 Å². The van der Waals surface area contributed by atoms with Gasteiger partial charge in [0.1, 0.15) is 11.8 Å². The topological polar surface area (TPSA) is 84.6 Å². The fourth-order valence-electron chi connectivity index (χ4n) is 2.65. The summed E-state index contributed by atoms with van der Waals surface area (Å²) in [6.07, 6.45) is 0. The Balaban J connectivity index is 1.97. The number of hydrogen-bond acceptors (Lipinski definition) is 4. The van der Waals surface area contributed by atoms with Crippen LogP contribution in [0.25, 0.3) is 0 Å². The lowest BCUT2D eigenvalue weighted by molar-refractivity contribution is -0.120. The highest BCUT2D eigenvalue weighted by molar-refractivity contribution is 6.51. The molecule has 0 saturated heterocycles. The number of nitrogens with one attached hydrogen (secondary N) is 1. The monoisotopic (exact) mass is 357 g/mol. The van der Waals surface area contributed by atoms with Crippen molar-refractivity contribution in [3.63, 3.8) is 0 Å². The Morgan fingerprint density at radius 3 is 1.74 bits per heavy atom. The van der Waals surface area contributed by atoms with E-state index in [4.69, 9.17) is 5.73 Å². The van der Waals surface area contributed by atoms with E-state index in [0.717, 1.165) is 0 Å². The van der Waals surface area contributed by atoms with Gasteiger partial charge in [0, 0.05) is 11.1 Å². The molecule has 134 valence electrons. The van der Waals surface area contributed by atoms with Gasteiger partial charge in [-0.15, -0.1) is 0 Å². The van der Waals surface area contributed by atoms with Gasteiger partial charge >= 0.3 is 0 Å². The van der Waals surface area contributed by atoms with Crippen LogP contribution < -0.4 is 11.2 Å². The lowest BCUT2D eigenvalue weighted by Crippen LogP contribution is -2.32. The number of Topliss-reactive ketones (excluding diaryl/α,β-unsaturated/α-hetero) is 1. The molecule has 0 aromatic heterocycles. The number of carbonyl (C=O) groups excluding carboxylic acids is 2. The van der Waals surface area contributed by atoms with Gasteiger partial charge < -0.3 is 5.73 Å². The number of rotatable bonds is 7. The number of benzene rings is 3. The van der Waals surface area contributed by atoms with Gasteiger partial charge in [0.2, 0.25) is 11.7 Å². The average molecular weight is 357 g/mol. The first-order valence-electron chi connectivity index (χ1n) is 8.49. The second kappa shape index (κ2) is 8.58. The Kier molecular flexibility index (Phi) is 5.74. The maximum atomic E-state index is 13.0. The van der Waals surface area contributed by atoms with E-state index in [2.05, 4.69) is 10.5 Å². The van der Waals surface area contributed by atoms with Gasteiger partial charge in [0.15, 0.2) is 0 Å². The number of carbonyl (C=O) groups is 2. The van der Waals surface area contributed by atoms with Gasteiger partial charge in [0.25, 0.3) is 0 Å². The summed E-state index contributed by atoms with van der Waals surface area (Å²) in [5.41, 5.74) is 10.3. The average Bonchev–Trinajstić information content (AvgIpc) is 2.72. The first kappa shape index (κ1) is 18.1. The molecule has 1 unspecified atom stereocenters. The third-order valence-electron chi connectivity index (χ3n) is 4.02. The SMILES string of the molecule is NC(=O)C(NN=C(C(=O)c1ccccc1)c1ccccc1)c1ccccc1. The van der Waals surface area contributed by atoms with Crippen LogP contribution in [-0.4, -0.2) is 17.4 Å². The van der Waals surface area contributed by atoms with Crippen LogP contribution in [0, 0.1) is 0 Å². The molecule has 0 aliphatic carbocycles. The molecule has 3 N–H and O–H groups in total. The Hall–Kier alpha value is -3.73. The van der Waals surface area contributed by atoms with Crippen molar-refractivity contribution in [3.8, 4) is 0 Å². The van der Waals surface area contributed by atoms with Crippen LogP contribution in [0.15, 0.2) is 96.1 Å². The zero-order valence-corrected chi connectivity index (χ0v) is 14.6. The maximum absolute atomic E-state index is 13.0. The van der Waals surface area contributed by atoms with E-state index in [1.54, 1.807) is 48.5 Å². The highest BCUT2D eigenvalue weighted by atomic mass is 16.1. The van der Waals surface area contributed by atoms with Gasteiger partial charge in [-0.1, -0.05) is 91.0 Å². The zero-order valence-electron chi connectivity index (χ0n) is 14.6. The van der Waals surface area contributed by atoms with Gasteiger partial charge in [-0.3, -0.25) is 15.0 Å². The van der Waals surface area contributed by atoms with E-state index in [0.29, 0.717) is 16.7 Å². The number of hydrazone groups is 1. The van der Waals surface area contributed by atoms with Crippen LogP contribution in [0.3, 0.4) is 0 Å². The highest BCUT2D eigenvalue weighted by Gasteiger charge is 2.20. The van der Waals surface area contributed by atoms with Crippen LogP contribution in [0.5, 0.6) is 0 Å². The molecule has 0 spiro atoms.